The molecular formula is C19H25N3O. The predicted molar refractivity (Wildman–Crippen MR) is 94.9 cm³/mol. The second kappa shape index (κ2) is 7.02. The topological polar surface area (TPSA) is 41.7 Å². The fraction of sp³-hybridized carbons (Fsp3) is 0.368. The van der Waals surface area contributed by atoms with E-state index in [9.17, 15) is 0 Å². The Bertz CT molecular complexity index is 646. The first-order valence-corrected chi connectivity index (χ1v) is 8.14. The second-order valence-corrected chi connectivity index (χ2v) is 6.34. The van der Waals surface area contributed by atoms with Gasteiger partial charge in [-0.05, 0) is 43.3 Å². The van der Waals surface area contributed by atoms with E-state index >= 15 is 0 Å². The average molecular weight is 311 g/mol. The molecule has 23 heavy (non-hydrogen) atoms. The minimum atomic E-state index is 0.759. The zero-order chi connectivity index (χ0) is 16.2. The van der Waals surface area contributed by atoms with Crippen LogP contribution in [0.5, 0.6) is 11.5 Å². The molecule has 0 atom stereocenters. The maximum atomic E-state index is 5.92. The van der Waals surface area contributed by atoms with Crippen molar-refractivity contribution >= 4 is 5.69 Å². The van der Waals surface area contributed by atoms with Crippen molar-refractivity contribution < 1.29 is 4.74 Å². The number of benzene rings is 2. The molecule has 2 N–H and O–H groups in total. The lowest BCUT2D eigenvalue weighted by Crippen LogP contribution is -2.43. The van der Waals surface area contributed by atoms with Crippen LogP contribution < -0.4 is 10.5 Å². The lowest BCUT2D eigenvalue weighted by atomic mass is 10.2. The van der Waals surface area contributed by atoms with Gasteiger partial charge in [-0.15, -0.1) is 0 Å². The summed E-state index contributed by atoms with van der Waals surface area (Å²) in [5, 5.41) is 0. The van der Waals surface area contributed by atoms with Crippen molar-refractivity contribution in [3.63, 3.8) is 0 Å². The highest BCUT2D eigenvalue weighted by atomic mass is 16.5. The summed E-state index contributed by atoms with van der Waals surface area (Å²) in [6.07, 6.45) is 0. The molecule has 1 heterocycles. The van der Waals surface area contributed by atoms with Crippen LogP contribution in [-0.2, 0) is 6.54 Å². The van der Waals surface area contributed by atoms with Gasteiger partial charge < -0.3 is 15.4 Å². The Hall–Kier alpha value is -2.04. The van der Waals surface area contributed by atoms with E-state index in [2.05, 4.69) is 29.0 Å². The summed E-state index contributed by atoms with van der Waals surface area (Å²) in [5.74, 6) is 1.62. The number of hydrogen-bond acceptors (Lipinski definition) is 4. The van der Waals surface area contributed by atoms with E-state index in [1.54, 1.807) is 0 Å². The predicted octanol–water partition coefficient (Wildman–Crippen LogP) is 3.12. The monoisotopic (exact) mass is 311 g/mol. The highest BCUT2D eigenvalue weighted by molar-refractivity contribution is 5.51. The summed E-state index contributed by atoms with van der Waals surface area (Å²) >= 11 is 0. The Balaban J connectivity index is 1.59. The number of nitrogens with two attached hydrogens (primary N) is 1. The number of nitrogens with zero attached hydrogens (tertiary/aromatic N) is 2. The first kappa shape index (κ1) is 15.8. The van der Waals surface area contributed by atoms with E-state index in [0.29, 0.717) is 0 Å². The Labute approximate surface area is 138 Å². The number of hydrogen-bond donors (Lipinski definition) is 1. The molecular weight excluding hydrogens is 286 g/mol. The smallest absolute Gasteiger partial charge is 0.129 e. The normalized spacial score (nSPS) is 16.4. The zero-order valence-electron chi connectivity index (χ0n) is 14.0. The third-order valence-electron chi connectivity index (χ3n) is 4.41. The van der Waals surface area contributed by atoms with Crippen LogP contribution in [0.2, 0.25) is 0 Å². The molecule has 1 aliphatic heterocycles. The van der Waals surface area contributed by atoms with Gasteiger partial charge in [0, 0.05) is 44.5 Å². The van der Waals surface area contributed by atoms with Crippen LogP contribution in [0.25, 0.3) is 0 Å². The van der Waals surface area contributed by atoms with Crippen molar-refractivity contribution in [3.05, 3.63) is 53.6 Å². The van der Waals surface area contributed by atoms with Crippen LogP contribution in [0.1, 0.15) is 11.1 Å². The van der Waals surface area contributed by atoms with Gasteiger partial charge in [0.15, 0.2) is 0 Å². The third-order valence-corrected chi connectivity index (χ3v) is 4.41. The summed E-state index contributed by atoms with van der Waals surface area (Å²) < 4.78 is 5.87. The maximum absolute atomic E-state index is 5.92. The molecule has 0 aromatic heterocycles. The van der Waals surface area contributed by atoms with Crippen molar-refractivity contribution in [1.82, 2.24) is 9.80 Å². The van der Waals surface area contributed by atoms with Crippen LogP contribution in [-0.4, -0.2) is 43.0 Å². The van der Waals surface area contributed by atoms with Crippen LogP contribution >= 0.6 is 0 Å². The number of piperazine rings is 1. The van der Waals surface area contributed by atoms with Gasteiger partial charge in [0.2, 0.25) is 0 Å². The lowest BCUT2D eigenvalue weighted by molar-refractivity contribution is 0.148. The second-order valence-electron chi connectivity index (χ2n) is 6.34. The molecule has 4 heteroatoms. The first-order chi connectivity index (χ1) is 11.1. The van der Waals surface area contributed by atoms with E-state index in [0.717, 1.165) is 55.5 Å². The summed E-state index contributed by atoms with van der Waals surface area (Å²) in [4.78, 5) is 4.87. The van der Waals surface area contributed by atoms with Gasteiger partial charge in [-0.2, -0.15) is 0 Å². The molecule has 0 radical (unpaired) electrons. The highest BCUT2D eigenvalue weighted by Crippen LogP contribution is 2.25. The van der Waals surface area contributed by atoms with E-state index in [1.807, 2.05) is 37.3 Å². The average Bonchev–Trinajstić information content (AvgIpc) is 2.55. The molecule has 0 spiro atoms. The van der Waals surface area contributed by atoms with Gasteiger partial charge in [0.1, 0.15) is 11.5 Å². The fourth-order valence-corrected chi connectivity index (χ4v) is 2.75. The SMILES string of the molecule is Cc1ccc(Oc2ccc(CN3CCN(C)CC3)cc2)cc1N. The third kappa shape index (κ3) is 4.24. The largest absolute Gasteiger partial charge is 0.457 e. The van der Waals surface area contributed by atoms with Gasteiger partial charge in [0.05, 0.1) is 0 Å². The van der Waals surface area contributed by atoms with Crippen LogP contribution in [0.15, 0.2) is 42.5 Å². The van der Waals surface area contributed by atoms with Crippen molar-refractivity contribution in [3.8, 4) is 11.5 Å². The molecule has 1 aliphatic rings. The van der Waals surface area contributed by atoms with E-state index in [1.165, 1.54) is 5.56 Å². The molecule has 0 amide bonds. The molecule has 0 unspecified atom stereocenters. The lowest BCUT2D eigenvalue weighted by Gasteiger charge is -2.32. The standard InChI is InChI=1S/C19H25N3O/c1-15-3-6-18(13-19(15)20)23-17-7-4-16(5-8-17)14-22-11-9-21(2)10-12-22/h3-8,13H,9-12,14,20H2,1-2H3. The number of aryl methyl sites for hydroxylation is 1. The molecule has 1 saturated heterocycles. The van der Waals surface area contributed by atoms with Gasteiger partial charge in [0.25, 0.3) is 0 Å². The van der Waals surface area contributed by atoms with E-state index < -0.39 is 0 Å². The first-order valence-electron chi connectivity index (χ1n) is 8.14. The molecule has 122 valence electrons. The number of ether oxygens (including phenoxy) is 1. The highest BCUT2D eigenvalue weighted by Gasteiger charge is 2.13. The Morgan fingerprint density at radius 1 is 0.957 bits per heavy atom. The molecule has 1 fully saturated rings. The van der Waals surface area contributed by atoms with E-state index in [4.69, 9.17) is 10.5 Å². The Kier molecular flexibility index (Phi) is 4.84. The summed E-state index contributed by atoms with van der Waals surface area (Å²) in [7, 11) is 2.18. The quantitative estimate of drug-likeness (QED) is 0.881. The van der Waals surface area contributed by atoms with Crippen molar-refractivity contribution in [2.75, 3.05) is 39.0 Å². The number of nitrogen functional groups attached to an aromatic ring is 1. The van der Waals surface area contributed by atoms with Crippen LogP contribution in [0.4, 0.5) is 5.69 Å². The molecule has 2 aromatic carbocycles. The summed E-state index contributed by atoms with van der Waals surface area (Å²) in [6, 6.07) is 14.1. The summed E-state index contributed by atoms with van der Waals surface area (Å²) in [6.45, 7) is 7.57. The molecule has 4 nitrogen and oxygen atoms in total. The molecule has 0 aliphatic carbocycles. The number of likely N-dealkylation sites (N-methyl/N-ethyl adjacent to an activating group) is 1. The van der Waals surface area contributed by atoms with Crippen molar-refractivity contribution in [2.24, 2.45) is 0 Å². The molecule has 0 bridgehead atoms. The number of rotatable bonds is 4. The number of anilines is 1. The Morgan fingerprint density at radius 3 is 2.26 bits per heavy atom. The maximum Gasteiger partial charge on any atom is 0.129 e. The van der Waals surface area contributed by atoms with Gasteiger partial charge in [-0.1, -0.05) is 18.2 Å². The van der Waals surface area contributed by atoms with Crippen molar-refractivity contribution in [2.45, 2.75) is 13.5 Å². The molecule has 3 rings (SSSR count). The van der Waals surface area contributed by atoms with Gasteiger partial charge >= 0.3 is 0 Å². The van der Waals surface area contributed by atoms with Crippen LogP contribution in [0.3, 0.4) is 0 Å². The zero-order valence-corrected chi connectivity index (χ0v) is 14.0. The van der Waals surface area contributed by atoms with Gasteiger partial charge in [-0.25, -0.2) is 0 Å². The van der Waals surface area contributed by atoms with Gasteiger partial charge in [-0.3, -0.25) is 4.90 Å². The van der Waals surface area contributed by atoms with Crippen LogP contribution in [0, 0.1) is 6.92 Å². The van der Waals surface area contributed by atoms with Crippen molar-refractivity contribution in [1.29, 1.82) is 0 Å². The minimum absolute atomic E-state index is 0.759. The molecule has 2 aromatic rings. The minimum Gasteiger partial charge on any atom is -0.457 e. The molecule has 0 saturated carbocycles. The fourth-order valence-electron chi connectivity index (χ4n) is 2.75. The van der Waals surface area contributed by atoms with E-state index in [-0.39, 0.29) is 0 Å². The summed E-state index contributed by atoms with van der Waals surface area (Å²) in [5.41, 5.74) is 9.08. The Morgan fingerprint density at radius 2 is 1.61 bits per heavy atom.